The highest BCUT2D eigenvalue weighted by Gasteiger charge is 1.87. The Kier molecular flexibility index (Phi) is 1.96. The summed E-state index contributed by atoms with van der Waals surface area (Å²) in [5.41, 5.74) is 0. The molecule has 0 spiro atoms. The predicted molar refractivity (Wildman–Crippen MR) is 37.4 cm³/mol. The van der Waals surface area contributed by atoms with Crippen LogP contribution in [-0.4, -0.2) is 10.2 Å². The van der Waals surface area contributed by atoms with Crippen molar-refractivity contribution in [2.45, 2.75) is 0 Å². The van der Waals surface area contributed by atoms with Gasteiger partial charge in [0.2, 0.25) is 0 Å². The number of hydrogen-bond donors (Lipinski definition) is 0. The van der Waals surface area contributed by atoms with Crippen LogP contribution in [0.5, 0.6) is 0 Å². The second kappa shape index (κ2) is 2.55. The summed E-state index contributed by atoms with van der Waals surface area (Å²) < 4.78 is 1.67. The SMILES string of the molecule is Brc1cnnc(Br)c1. The minimum atomic E-state index is 0.742. The largest absolute Gasteiger partial charge is 0.157 e. The Balaban J connectivity index is 3.08. The van der Waals surface area contributed by atoms with Crippen LogP contribution in [0.1, 0.15) is 0 Å². The second-order valence-corrected chi connectivity index (χ2v) is 2.92. The zero-order valence-corrected chi connectivity index (χ0v) is 6.98. The average molecular weight is 238 g/mol. The van der Waals surface area contributed by atoms with Crippen molar-refractivity contribution in [1.29, 1.82) is 0 Å². The zero-order valence-electron chi connectivity index (χ0n) is 3.81. The van der Waals surface area contributed by atoms with E-state index in [2.05, 4.69) is 42.1 Å². The van der Waals surface area contributed by atoms with E-state index in [1.807, 2.05) is 6.07 Å². The number of hydrogen-bond acceptors (Lipinski definition) is 2. The van der Waals surface area contributed by atoms with Gasteiger partial charge in [-0.05, 0) is 37.9 Å². The maximum atomic E-state index is 3.68. The van der Waals surface area contributed by atoms with Gasteiger partial charge in [-0.3, -0.25) is 0 Å². The molecule has 42 valence electrons. The Morgan fingerprint density at radius 2 is 2.12 bits per heavy atom. The van der Waals surface area contributed by atoms with Gasteiger partial charge in [-0.1, -0.05) is 0 Å². The van der Waals surface area contributed by atoms with Crippen molar-refractivity contribution < 1.29 is 0 Å². The molecule has 0 aliphatic carbocycles. The van der Waals surface area contributed by atoms with Crippen LogP contribution in [0, 0.1) is 0 Å². The van der Waals surface area contributed by atoms with E-state index < -0.39 is 0 Å². The molecule has 8 heavy (non-hydrogen) atoms. The van der Waals surface area contributed by atoms with E-state index in [0.717, 1.165) is 9.08 Å². The van der Waals surface area contributed by atoms with E-state index in [4.69, 9.17) is 0 Å². The molecule has 1 heterocycles. The standard InChI is InChI=1S/C4H2Br2N2/c5-3-1-4(6)8-7-2-3/h1-2H. The Labute approximate surface area is 63.6 Å². The van der Waals surface area contributed by atoms with E-state index in [9.17, 15) is 0 Å². The topological polar surface area (TPSA) is 25.8 Å². The monoisotopic (exact) mass is 236 g/mol. The Morgan fingerprint density at radius 3 is 2.50 bits per heavy atom. The van der Waals surface area contributed by atoms with Crippen LogP contribution in [0.25, 0.3) is 0 Å². The summed E-state index contributed by atoms with van der Waals surface area (Å²) in [5.74, 6) is 0. The van der Waals surface area contributed by atoms with Crippen LogP contribution in [0.4, 0.5) is 0 Å². The first-order valence-corrected chi connectivity index (χ1v) is 3.51. The van der Waals surface area contributed by atoms with Gasteiger partial charge in [0, 0.05) is 4.47 Å². The van der Waals surface area contributed by atoms with Crippen molar-refractivity contribution >= 4 is 31.9 Å². The molecule has 0 aromatic carbocycles. The highest BCUT2D eigenvalue weighted by molar-refractivity contribution is 9.11. The van der Waals surface area contributed by atoms with Gasteiger partial charge in [-0.15, -0.1) is 5.10 Å². The lowest BCUT2D eigenvalue weighted by atomic mass is 10.6. The third-order valence-corrected chi connectivity index (χ3v) is 1.41. The molecule has 0 saturated carbocycles. The molecule has 0 N–H and O–H groups in total. The van der Waals surface area contributed by atoms with Gasteiger partial charge >= 0.3 is 0 Å². The van der Waals surface area contributed by atoms with Gasteiger partial charge in [0.1, 0.15) is 4.60 Å². The summed E-state index contributed by atoms with van der Waals surface area (Å²) in [6, 6.07) is 1.83. The minimum absolute atomic E-state index is 0.742. The van der Waals surface area contributed by atoms with Crippen molar-refractivity contribution in [2.75, 3.05) is 0 Å². The quantitative estimate of drug-likeness (QED) is 0.690. The first-order chi connectivity index (χ1) is 3.79. The molecule has 0 saturated heterocycles. The molecule has 0 atom stereocenters. The average Bonchev–Trinajstić information content (AvgIpc) is 1.64. The Hall–Kier alpha value is 0.0400. The first kappa shape index (κ1) is 6.16. The van der Waals surface area contributed by atoms with Crippen LogP contribution in [0.15, 0.2) is 21.3 Å². The summed E-state index contributed by atoms with van der Waals surface area (Å²) in [6.07, 6.45) is 1.63. The molecule has 0 fully saturated rings. The summed E-state index contributed by atoms with van der Waals surface area (Å²) in [4.78, 5) is 0. The van der Waals surface area contributed by atoms with Gasteiger partial charge in [0.25, 0.3) is 0 Å². The highest BCUT2D eigenvalue weighted by Crippen LogP contribution is 2.10. The molecule has 0 aliphatic heterocycles. The van der Waals surface area contributed by atoms with E-state index in [0.29, 0.717) is 0 Å². The van der Waals surface area contributed by atoms with Gasteiger partial charge in [-0.25, -0.2) is 0 Å². The van der Waals surface area contributed by atoms with Crippen LogP contribution in [0.3, 0.4) is 0 Å². The first-order valence-electron chi connectivity index (χ1n) is 1.93. The summed E-state index contributed by atoms with van der Waals surface area (Å²) >= 11 is 6.39. The fourth-order valence-corrected chi connectivity index (χ4v) is 1.27. The molecule has 4 heteroatoms. The van der Waals surface area contributed by atoms with Crippen molar-refractivity contribution in [2.24, 2.45) is 0 Å². The van der Waals surface area contributed by atoms with E-state index in [1.165, 1.54) is 0 Å². The zero-order chi connectivity index (χ0) is 5.98. The number of nitrogens with zero attached hydrogens (tertiary/aromatic N) is 2. The smallest absolute Gasteiger partial charge is 0.129 e. The molecule has 1 aromatic rings. The van der Waals surface area contributed by atoms with E-state index >= 15 is 0 Å². The molecule has 0 bridgehead atoms. The predicted octanol–water partition coefficient (Wildman–Crippen LogP) is 2.00. The fourth-order valence-electron chi connectivity index (χ4n) is 0.319. The molecule has 2 nitrogen and oxygen atoms in total. The summed E-state index contributed by atoms with van der Waals surface area (Å²) in [6.45, 7) is 0. The number of aromatic nitrogens is 2. The van der Waals surface area contributed by atoms with Gasteiger partial charge in [-0.2, -0.15) is 5.10 Å². The van der Waals surface area contributed by atoms with Crippen molar-refractivity contribution in [3.8, 4) is 0 Å². The minimum Gasteiger partial charge on any atom is -0.157 e. The molecule has 1 rings (SSSR count). The number of halogens is 2. The van der Waals surface area contributed by atoms with Crippen LogP contribution >= 0.6 is 31.9 Å². The van der Waals surface area contributed by atoms with E-state index in [1.54, 1.807) is 6.20 Å². The molecule has 0 aliphatic rings. The highest BCUT2D eigenvalue weighted by atomic mass is 79.9. The molecule has 0 amide bonds. The molecule has 0 radical (unpaired) electrons. The van der Waals surface area contributed by atoms with Gasteiger partial charge in [0.05, 0.1) is 6.20 Å². The Morgan fingerprint density at radius 1 is 1.38 bits per heavy atom. The molecular weight excluding hydrogens is 236 g/mol. The fraction of sp³-hybridized carbons (Fsp3) is 0. The third-order valence-electron chi connectivity index (χ3n) is 0.591. The van der Waals surface area contributed by atoms with Gasteiger partial charge in [0.15, 0.2) is 0 Å². The van der Waals surface area contributed by atoms with Crippen molar-refractivity contribution in [1.82, 2.24) is 10.2 Å². The molecule has 0 unspecified atom stereocenters. The van der Waals surface area contributed by atoms with Gasteiger partial charge < -0.3 is 0 Å². The van der Waals surface area contributed by atoms with E-state index in [-0.39, 0.29) is 0 Å². The van der Waals surface area contributed by atoms with Crippen molar-refractivity contribution in [3.05, 3.63) is 21.3 Å². The van der Waals surface area contributed by atoms with Crippen LogP contribution in [0.2, 0.25) is 0 Å². The summed E-state index contributed by atoms with van der Waals surface area (Å²) in [5, 5.41) is 7.32. The Bertz CT molecular complexity index is 172. The van der Waals surface area contributed by atoms with Crippen LogP contribution < -0.4 is 0 Å². The lowest BCUT2D eigenvalue weighted by Gasteiger charge is -1.85. The second-order valence-electron chi connectivity index (χ2n) is 1.20. The molecular formula is C4H2Br2N2. The lowest BCUT2D eigenvalue weighted by molar-refractivity contribution is 0.997. The lowest BCUT2D eigenvalue weighted by Crippen LogP contribution is -1.78. The normalized spacial score (nSPS) is 9.25. The third kappa shape index (κ3) is 1.52. The van der Waals surface area contributed by atoms with Crippen molar-refractivity contribution in [3.63, 3.8) is 0 Å². The molecule has 1 aromatic heterocycles. The maximum absolute atomic E-state index is 3.68. The van der Waals surface area contributed by atoms with Crippen LogP contribution in [-0.2, 0) is 0 Å². The maximum Gasteiger partial charge on any atom is 0.129 e. The summed E-state index contributed by atoms with van der Waals surface area (Å²) in [7, 11) is 0. The number of rotatable bonds is 0.